The molecule has 1 saturated carbocycles. The summed E-state index contributed by atoms with van der Waals surface area (Å²) in [5.41, 5.74) is 2.15. The lowest BCUT2D eigenvalue weighted by molar-refractivity contribution is -0.136. The molecule has 1 fully saturated rings. The lowest BCUT2D eigenvalue weighted by atomic mass is 9.97. The predicted molar refractivity (Wildman–Crippen MR) is 84.2 cm³/mol. The van der Waals surface area contributed by atoms with E-state index in [0.717, 1.165) is 24.0 Å². The van der Waals surface area contributed by atoms with Crippen molar-refractivity contribution in [3.05, 3.63) is 29.3 Å². The molecular formula is C17H23NO4. The number of hydrogen-bond acceptors (Lipinski definition) is 3. The summed E-state index contributed by atoms with van der Waals surface area (Å²) in [6, 6.07) is 5.72. The molecule has 120 valence electrons. The van der Waals surface area contributed by atoms with E-state index in [0.29, 0.717) is 18.0 Å². The zero-order valence-electron chi connectivity index (χ0n) is 13.3. The number of benzene rings is 1. The Labute approximate surface area is 130 Å². The molecule has 0 unspecified atom stereocenters. The van der Waals surface area contributed by atoms with Crippen LogP contribution in [0.3, 0.4) is 0 Å². The molecule has 0 atom stereocenters. The normalized spacial score (nSPS) is 14.5. The number of carbonyl (C=O) groups excluding carboxylic acids is 1. The maximum Gasteiger partial charge on any atom is 0.412 e. The maximum atomic E-state index is 12.0. The lowest BCUT2D eigenvalue weighted by Crippen LogP contribution is -2.27. The van der Waals surface area contributed by atoms with E-state index in [-0.39, 0.29) is 6.42 Å². The summed E-state index contributed by atoms with van der Waals surface area (Å²) in [7, 11) is 0. The number of ether oxygens (including phenoxy) is 1. The van der Waals surface area contributed by atoms with Crippen LogP contribution in [-0.4, -0.2) is 22.8 Å². The van der Waals surface area contributed by atoms with Gasteiger partial charge in [-0.15, -0.1) is 0 Å². The summed E-state index contributed by atoms with van der Waals surface area (Å²) in [5.74, 6) is -0.349. The highest BCUT2D eigenvalue weighted by atomic mass is 16.6. The van der Waals surface area contributed by atoms with Crippen molar-refractivity contribution in [2.75, 3.05) is 5.32 Å². The fourth-order valence-electron chi connectivity index (χ4n) is 2.42. The van der Waals surface area contributed by atoms with Gasteiger partial charge in [0.1, 0.15) is 5.60 Å². The number of carboxylic acid groups (broad SMARTS) is 1. The van der Waals surface area contributed by atoms with Crippen LogP contribution in [0, 0.1) is 0 Å². The average molecular weight is 305 g/mol. The van der Waals surface area contributed by atoms with Gasteiger partial charge in [-0.25, -0.2) is 4.79 Å². The highest BCUT2D eigenvalue weighted by Crippen LogP contribution is 2.43. The molecule has 0 radical (unpaired) electrons. The SMILES string of the molecule is CC(C)(C)OC(=O)Nc1cccc(C2CC2)c1CCC(=O)O. The van der Waals surface area contributed by atoms with Crippen molar-refractivity contribution in [3.63, 3.8) is 0 Å². The Morgan fingerprint density at radius 2 is 2.00 bits per heavy atom. The van der Waals surface area contributed by atoms with E-state index in [1.54, 1.807) is 26.8 Å². The van der Waals surface area contributed by atoms with Crippen LogP contribution in [0.15, 0.2) is 18.2 Å². The molecule has 0 saturated heterocycles. The molecule has 5 nitrogen and oxygen atoms in total. The van der Waals surface area contributed by atoms with Crippen molar-refractivity contribution < 1.29 is 19.4 Å². The van der Waals surface area contributed by atoms with Crippen molar-refractivity contribution in [2.45, 2.75) is 58.0 Å². The minimum Gasteiger partial charge on any atom is -0.481 e. The third-order valence-corrected chi connectivity index (χ3v) is 3.45. The number of anilines is 1. The third-order valence-electron chi connectivity index (χ3n) is 3.45. The summed E-state index contributed by atoms with van der Waals surface area (Å²) in [4.78, 5) is 22.8. The Hall–Kier alpha value is -2.04. The van der Waals surface area contributed by atoms with E-state index in [1.165, 1.54) is 0 Å². The maximum absolute atomic E-state index is 12.0. The summed E-state index contributed by atoms with van der Waals surface area (Å²) < 4.78 is 5.27. The van der Waals surface area contributed by atoms with Crippen LogP contribution in [0.4, 0.5) is 10.5 Å². The van der Waals surface area contributed by atoms with Gasteiger partial charge in [-0.3, -0.25) is 10.1 Å². The first-order chi connectivity index (χ1) is 10.3. The molecular weight excluding hydrogens is 282 g/mol. The highest BCUT2D eigenvalue weighted by Gasteiger charge is 2.27. The van der Waals surface area contributed by atoms with Gasteiger partial charge in [0.25, 0.3) is 0 Å². The molecule has 0 spiro atoms. The van der Waals surface area contributed by atoms with E-state index in [9.17, 15) is 9.59 Å². The topological polar surface area (TPSA) is 75.6 Å². The van der Waals surface area contributed by atoms with Gasteiger partial charge in [0, 0.05) is 12.1 Å². The summed E-state index contributed by atoms with van der Waals surface area (Å²) in [5, 5.41) is 11.7. The zero-order chi connectivity index (χ0) is 16.3. The van der Waals surface area contributed by atoms with E-state index in [1.807, 2.05) is 12.1 Å². The summed E-state index contributed by atoms with van der Waals surface area (Å²) in [6.45, 7) is 5.41. The minimum absolute atomic E-state index is 0.0483. The Balaban J connectivity index is 2.20. The van der Waals surface area contributed by atoms with E-state index < -0.39 is 17.7 Å². The van der Waals surface area contributed by atoms with Gasteiger partial charge in [-0.2, -0.15) is 0 Å². The molecule has 0 heterocycles. The molecule has 1 amide bonds. The molecule has 2 rings (SSSR count). The number of carbonyl (C=O) groups is 2. The summed E-state index contributed by atoms with van der Waals surface area (Å²) >= 11 is 0. The molecule has 1 aliphatic rings. The van der Waals surface area contributed by atoms with E-state index in [4.69, 9.17) is 9.84 Å². The van der Waals surface area contributed by atoms with Gasteiger partial charge in [0.15, 0.2) is 0 Å². The second kappa shape index (κ2) is 6.38. The average Bonchev–Trinajstić information content (AvgIpc) is 3.18. The lowest BCUT2D eigenvalue weighted by Gasteiger charge is -2.21. The van der Waals surface area contributed by atoms with E-state index in [2.05, 4.69) is 5.32 Å². The standard InChI is InChI=1S/C17H23NO4/c1-17(2,3)22-16(21)18-14-6-4-5-12(11-7-8-11)13(14)9-10-15(19)20/h4-6,11H,7-10H2,1-3H3,(H,18,21)(H,19,20). The number of hydrogen-bond donors (Lipinski definition) is 2. The second-order valence-corrected chi connectivity index (χ2v) is 6.67. The van der Waals surface area contributed by atoms with Crippen molar-refractivity contribution in [3.8, 4) is 0 Å². The van der Waals surface area contributed by atoms with Crippen molar-refractivity contribution in [2.24, 2.45) is 0 Å². The largest absolute Gasteiger partial charge is 0.481 e. The first kappa shape index (κ1) is 16.3. The first-order valence-electron chi connectivity index (χ1n) is 7.60. The predicted octanol–water partition coefficient (Wildman–Crippen LogP) is 3.93. The molecule has 1 aromatic carbocycles. The Kier molecular flexibility index (Phi) is 4.74. The smallest absolute Gasteiger partial charge is 0.412 e. The fourth-order valence-corrected chi connectivity index (χ4v) is 2.42. The van der Waals surface area contributed by atoms with Gasteiger partial charge in [0.2, 0.25) is 0 Å². The Morgan fingerprint density at radius 1 is 1.32 bits per heavy atom. The van der Waals surface area contributed by atoms with Gasteiger partial charge in [0.05, 0.1) is 0 Å². The van der Waals surface area contributed by atoms with Crippen LogP contribution in [0.1, 0.15) is 57.1 Å². The number of aliphatic carboxylic acids is 1. The van der Waals surface area contributed by atoms with Crippen molar-refractivity contribution >= 4 is 17.7 Å². The third kappa shape index (κ3) is 4.76. The fraction of sp³-hybridized carbons (Fsp3) is 0.529. The second-order valence-electron chi connectivity index (χ2n) is 6.67. The quantitative estimate of drug-likeness (QED) is 0.864. The molecule has 2 N–H and O–H groups in total. The minimum atomic E-state index is -0.839. The van der Waals surface area contributed by atoms with Crippen molar-refractivity contribution in [1.82, 2.24) is 0 Å². The van der Waals surface area contributed by atoms with Crippen LogP contribution in [-0.2, 0) is 16.0 Å². The Bertz CT molecular complexity index is 571. The molecule has 1 aliphatic carbocycles. The Morgan fingerprint density at radius 3 is 2.55 bits per heavy atom. The molecule has 1 aromatic rings. The molecule has 0 aromatic heterocycles. The van der Waals surface area contributed by atoms with Gasteiger partial charge < -0.3 is 9.84 Å². The van der Waals surface area contributed by atoms with Crippen LogP contribution in [0.25, 0.3) is 0 Å². The molecule has 0 aliphatic heterocycles. The highest BCUT2D eigenvalue weighted by molar-refractivity contribution is 5.86. The van der Waals surface area contributed by atoms with Crippen LogP contribution >= 0.6 is 0 Å². The van der Waals surface area contributed by atoms with Crippen molar-refractivity contribution in [1.29, 1.82) is 0 Å². The zero-order valence-corrected chi connectivity index (χ0v) is 13.3. The number of nitrogens with one attached hydrogen (secondary N) is 1. The van der Waals surface area contributed by atoms with Crippen LogP contribution < -0.4 is 5.32 Å². The number of rotatable bonds is 5. The van der Waals surface area contributed by atoms with Gasteiger partial charge in [-0.05, 0) is 63.1 Å². The van der Waals surface area contributed by atoms with Crippen LogP contribution in [0.5, 0.6) is 0 Å². The molecule has 22 heavy (non-hydrogen) atoms. The van der Waals surface area contributed by atoms with Crippen LogP contribution in [0.2, 0.25) is 0 Å². The number of carboxylic acids is 1. The van der Waals surface area contributed by atoms with Gasteiger partial charge in [-0.1, -0.05) is 12.1 Å². The number of amides is 1. The van der Waals surface area contributed by atoms with E-state index >= 15 is 0 Å². The molecule has 5 heteroatoms. The first-order valence-corrected chi connectivity index (χ1v) is 7.60. The molecule has 0 bridgehead atoms. The summed E-state index contributed by atoms with van der Waals surface area (Å²) in [6.07, 6.45) is 2.18. The van der Waals surface area contributed by atoms with Gasteiger partial charge >= 0.3 is 12.1 Å². The monoisotopic (exact) mass is 305 g/mol.